The van der Waals surface area contributed by atoms with Crippen molar-refractivity contribution in [1.82, 2.24) is 19.4 Å². The Kier molecular flexibility index (Phi) is 5.13. The van der Waals surface area contributed by atoms with Gasteiger partial charge in [-0.1, -0.05) is 12.1 Å². The van der Waals surface area contributed by atoms with Gasteiger partial charge in [-0.25, -0.2) is 9.37 Å². The highest BCUT2D eigenvalue weighted by atomic mass is 19.1. The quantitative estimate of drug-likeness (QED) is 0.659. The standard InChI is InChI=1S/C22H25FN4O/c1-25(2)11-12-26(15-16-5-3-6-18(23)13-16)22(28)17-8-9-19-20(14-17)27-10-4-7-21(27)24-19/h3,5-6,8-9,13-14H,4,7,10-12,15H2,1-2H3. The summed E-state index contributed by atoms with van der Waals surface area (Å²) < 4.78 is 15.8. The van der Waals surface area contributed by atoms with E-state index in [1.807, 2.05) is 43.3 Å². The molecule has 4 rings (SSSR count). The molecule has 0 saturated carbocycles. The lowest BCUT2D eigenvalue weighted by Gasteiger charge is -2.25. The van der Waals surface area contributed by atoms with Crippen molar-refractivity contribution in [3.05, 3.63) is 65.2 Å². The molecule has 0 saturated heterocycles. The maximum absolute atomic E-state index is 13.6. The zero-order valence-electron chi connectivity index (χ0n) is 16.4. The third kappa shape index (κ3) is 3.78. The van der Waals surface area contributed by atoms with Crippen LogP contribution in [0.1, 0.15) is 28.2 Å². The summed E-state index contributed by atoms with van der Waals surface area (Å²) in [5.74, 6) is 0.777. The fraction of sp³-hybridized carbons (Fsp3) is 0.364. The SMILES string of the molecule is CN(C)CCN(Cc1cccc(F)c1)C(=O)c1ccc2nc3n(c2c1)CCC3. The van der Waals surface area contributed by atoms with Gasteiger partial charge in [-0.15, -0.1) is 0 Å². The van der Waals surface area contributed by atoms with Gasteiger partial charge in [0.15, 0.2) is 0 Å². The van der Waals surface area contributed by atoms with E-state index in [1.165, 1.54) is 12.1 Å². The van der Waals surface area contributed by atoms with E-state index in [2.05, 4.69) is 9.55 Å². The number of halogens is 1. The van der Waals surface area contributed by atoms with Gasteiger partial charge < -0.3 is 14.4 Å². The third-order valence-corrected chi connectivity index (χ3v) is 5.22. The third-order valence-electron chi connectivity index (χ3n) is 5.22. The van der Waals surface area contributed by atoms with Crippen molar-refractivity contribution in [3.8, 4) is 0 Å². The van der Waals surface area contributed by atoms with Crippen molar-refractivity contribution in [2.45, 2.75) is 25.9 Å². The van der Waals surface area contributed by atoms with Gasteiger partial charge in [-0.2, -0.15) is 0 Å². The molecule has 1 aliphatic rings. The van der Waals surface area contributed by atoms with Crippen LogP contribution < -0.4 is 0 Å². The van der Waals surface area contributed by atoms with E-state index in [-0.39, 0.29) is 11.7 Å². The van der Waals surface area contributed by atoms with E-state index < -0.39 is 0 Å². The van der Waals surface area contributed by atoms with Gasteiger partial charge >= 0.3 is 0 Å². The van der Waals surface area contributed by atoms with E-state index in [0.717, 1.165) is 48.4 Å². The average molecular weight is 380 g/mol. The summed E-state index contributed by atoms with van der Waals surface area (Å²) in [5.41, 5.74) is 3.41. The smallest absolute Gasteiger partial charge is 0.254 e. The molecule has 0 atom stereocenters. The number of aryl methyl sites for hydroxylation is 2. The minimum atomic E-state index is -0.284. The molecular weight excluding hydrogens is 355 g/mol. The number of imidazole rings is 1. The molecule has 0 fully saturated rings. The molecule has 2 aromatic carbocycles. The van der Waals surface area contributed by atoms with Crippen LogP contribution in [0.4, 0.5) is 4.39 Å². The number of carbonyl (C=O) groups is 1. The van der Waals surface area contributed by atoms with E-state index in [1.54, 1.807) is 11.0 Å². The Morgan fingerprint density at radius 2 is 2.04 bits per heavy atom. The van der Waals surface area contributed by atoms with E-state index in [4.69, 9.17) is 0 Å². The zero-order valence-corrected chi connectivity index (χ0v) is 16.4. The van der Waals surface area contributed by atoms with E-state index >= 15 is 0 Å². The highest BCUT2D eigenvalue weighted by Gasteiger charge is 2.20. The molecule has 1 aromatic heterocycles. The first-order chi connectivity index (χ1) is 13.5. The molecule has 1 aliphatic heterocycles. The molecule has 0 aliphatic carbocycles. The molecule has 0 N–H and O–H groups in total. The molecule has 3 aromatic rings. The molecular formula is C22H25FN4O. The number of fused-ring (bicyclic) bond motifs is 3. The van der Waals surface area contributed by atoms with Crippen molar-refractivity contribution < 1.29 is 9.18 Å². The topological polar surface area (TPSA) is 41.4 Å². The van der Waals surface area contributed by atoms with Crippen molar-refractivity contribution in [2.75, 3.05) is 27.2 Å². The Hall–Kier alpha value is -2.73. The molecule has 0 bridgehead atoms. The number of carbonyl (C=O) groups excluding carboxylic acids is 1. The summed E-state index contributed by atoms with van der Waals surface area (Å²) in [4.78, 5) is 21.8. The second-order valence-electron chi connectivity index (χ2n) is 7.65. The van der Waals surface area contributed by atoms with Crippen LogP contribution in [0.15, 0.2) is 42.5 Å². The average Bonchev–Trinajstić information content (AvgIpc) is 3.25. The lowest BCUT2D eigenvalue weighted by atomic mass is 10.1. The van der Waals surface area contributed by atoms with Crippen LogP contribution in [0.3, 0.4) is 0 Å². The van der Waals surface area contributed by atoms with Crippen LogP contribution >= 0.6 is 0 Å². The van der Waals surface area contributed by atoms with Gasteiger partial charge in [-0.3, -0.25) is 4.79 Å². The maximum Gasteiger partial charge on any atom is 0.254 e. The number of hydrogen-bond donors (Lipinski definition) is 0. The number of aromatic nitrogens is 2. The van der Waals surface area contributed by atoms with Gasteiger partial charge in [-0.05, 0) is 56.4 Å². The molecule has 0 spiro atoms. The molecule has 0 unspecified atom stereocenters. The van der Waals surface area contributed by atoms with Crippen molar-refractivity contribution in [1.29, 1.82) is 0 Å². The lowest BCUT2D eigenvalue weighted by Crippen LogP contribution is -2.36. The Morgan fingerprint density at radius 1 is 1.18 bits per heavy atom. The molecule has 1 amide bonds. The Labute approximate surface area is 164 Å². The van der Waals surface area contributed by atoms with Gasteiger partial charge in [0.05, 0.1) is 11.0 Å². The fourth-order valence-corrected chi connectivity index (χ4v) is 3.75. The van der Waals surface area contributed by atoms with Crippen LogP contribution in [0, 0.1) is 5.82 Å². The summed E-state index contributed by atoms with van der Waals surface area (Å²) in [7, 11) is 3.96. The first-order valence-electron chi connectivity index (χ1n) is 9.69. The molecule has 28 heavy (non-hydrogen) atoms. The fourth-order valence-electron chi connectivity index (χ4n) is 3.75. The van der Waals surface area contributed by atoms with E-state index in [9.17, 15) is 9.18 Å². The summed E-state index contributed by atoms with van der Waals surface area (Å²) in [6.07, 6.45) is 2.09. The van der Waals surface area contributed by atoms with Crippen LogP contribution in [-0.4, -0.2) is 52.4 Å². The normalized spacial score (nSPS) is 13.3. The van der Waals surface area contributed by atoms with Crippen LogP contribution in [0.5, 0.6) is 0 Å². The first kappa shape index (κ1) is 18.6. The second kappa shape index (κ2) is 7.72. The second-order valence-corrected chi connectivity index (χ2v) is 7.65. The summed E-state index contributed by atoms with van der Waals surface area (Å²) >= 11 is 0. The number of likely N-dealkylation sites (N-methyl/N-ethyl adjacent to an activating group) is 1. The number of amides is 1. The number of rotatable bonds is 6. The molecule has 2 heterocycles. The predicted octanol–water partition coefficient (Wildman–Crippen LogP) is 3.33. The molecule has 5 nitrogen and oxygen atoms in total. The van der Waals surface area contributed by atoms with Crippen molar-refractivity contribution in [3.63, 3.8) is 0 Å². The van der Waals surface area contributed by atoms with Gasteiger partial charge in [0.25, 0.3) is 5.91 Å². The Morgan fingerprint density at radius 3 is 2.82 bits per heavy atom. The first-order valence-corrected chi connectivity index (χ1v) is 9.69. The molecule has 146 valence electrons. The van der Waals surface area contributed by atoms with Gasteiger partial charge in [0, 0.05) is 38.2 Å². The van der Waals surface area contributed by atoms with Crippen LogP contribution in [-0.2, 0) is 19.5 Å². The highest BCUT2D eigenvalue weighted by molar-refractivity contribution is 5.97. The zero-order chi connectivity index (χ0) is 19.7. The summed E-state index contributed by atoms with van der Waals surface area (Å²) in [5, 5.41) is 0. The van der Waals surface area contributed by atoms with Gasteiger partial charge in [0.1, 0.15) is 11.6 Å². The van der Waals surface area contributed by atoms with Crippen LogP contribution in [0.25, 0.3) is 11.0 Å². The predicted molar refractivity (Wildman–Crippen MR) is 108 cm³/mol. The monoisotopic (exact) mass is 380 g/mol. The Bertz CT molecular complexity index is 1010. The summed E-state index contributed by atoms with van der Waals surface area (Å²) in [6, 6.07) is 12.2. The van der Waals surface area contributed by atoms with Crippen LogP contribution in [0.2, 0.25) is 0 Å². The summed E-state index contributed by atoms with van der Waals surface area (Å²) in [6.45, 7) is 2.65. The minimum absolute atomic E-state index is 0.0402. The maximum atomic E-state index is 13.6. The van der Waals surface area contributed by atoms with Crippen molar-refractivity contribution >= 4 is 16.9 Å². The minimum Gasteiger partial charge on any atom is -0.333 e. The number of benzene rings is 2. The largest absolute Gasteiger partial charge is 0.333 e. The molecule has 0 radical (unpaired) electrons. The number of hydrogen-bond acceptors (Lipinski definition) is 3. The highest BCUT2D eigenvalue weighted by Crippen LogP contribution is 2.24. The van der Waals surface area contributed by atoms with Crippen molar-refractivity contribution in [2.24, 2.45) is 0 Å². The lowest BCUT2D eigenvalue weighted by molar-refractivity contribution is 0.0732. The van der Waals surface area contributed by atoms with E-state index in [0.29, 0.717) is 18.7 Å². The molecule has 6 heteroatoms. The number of nitrogens with zero attached hydrogens (tertiary/aromatic N) is 4. The van der Waals surface area contributed by atoms with Gasteiger partial charge in [0.2, 0.25) is 0 Å². The Balaban J connectivity index is 1.63.